The molecule has 4 aliphatic carbocycles. The summed E-state index contributed by atoms with van der Waals surface area (Å²) in [6.07, 6.45) is 16.1. The fraction of sp³-hybridized carbons (Fsp3) is 0.545. The zero-order valence-corrected chi connectivity index (χ0v) is 17.4. The average Bonchev–Trinajstić information content (AvgIpc) is 3.09. The summed E-state index contributed by atoms with van der Waals surface area (Å²) in [4.78, 5) is 0. The Morgan fingerprint density at radius 2 is 1.39 bits per heavy atom. The second-order valence-corrected chi connectivity index (χ2v) is 17.5. The average molecular weight is 367 g/mol. The van der Waals surface area contributed by atoms with E-state index in [2.05, 4.69) is 37.9 Å². The van der Waals surface area contributed by atoms with Gasteiger partial charge in [0.25, 0.3) is 0 Å². The van der Waals surface area contributed by atoms with Crippen LogP contribution in [0.3, 0.4) is 0 Å². The first-order valence-electron chi connectivity index (χ1n) is 9.57. The SMILES string of the molecule is C[C]1C2=C(CCCC2)C(C)=[C]1[Ge]([CH3])([CH3])[C]1=CC2=C([CH]1)CCCC2. The minimum atomic E-state index is -2.18. The van der Waals surface area contributed by atoms with E-state index < -0.39 is 13.3 Å². The van der Waals surface area contributed by atoms with E-state index in [4.69, 9.17) is 0 Å². The first-order valence-corrected chi connectivity index (χ1v) is 15.9. The van der Waals surface area contributed by atoms with Gasteiger partial charge in [0, 0.05) is 0 Å². The second kappa shape index (κ2) is 5.79. The third-order valence-electron chi connectivity index (χ3n) is 6.68. The van der Waals surface area contributed by atoms with Crippen molar-refractivity contribution in [3.63, 3.8) is 0 Å². The maximum absolute atomic E-state index is 2.64. The normalized spacial score (nSPS) is 26.0. The molecule has 0 saturated carbocycles. The number of rotatable bonds is 2. The summed E-state index contributed by atoms with van der Waals surface area (Å²) in [6.45, 7) is 4.87. The Balaban J connectivity index is 1.66. The third kappa shape index (κ3) is 2.47. The molecule has 23 heavy (non-hydrogen) atoms. The second-order valence-electron chi connectivity index (χ2n) is 8.42. The molecule has 0 amide bonds. The van der Waals surface area contributed by atoms with Crippen LogP contribution in [0.25, 0.3) is 0 Å². The fourth-order valence-corrected chi connectivity index (χ4v) is 12.9. The van der Waals surface area contributed by atoms with Crippen LogP contribution in [-0.2, 0) is 0 Å². The Morgan fingerprint density at radius 3 is 2.04 bits per heavy atom. The summed E-state index contributed by atoms with van der Waals surface area (Å²) >= 11 is -2.18. The molecule has 0 nitrogen and oxygen atoms in total. The molecular formula is C22H30Ge. The van der Waals surface area contributed by atoms with Gasteiger partial charge in [0.1, 0.15) is 0 Å². The van der Waals surface area contributed by atoms with Crippen LogP contribution >= 0.6 is 0 Å². The van der Waals surface area contributed by atoms with Crippen molar-refractivity contribution in [2.75, 3.05) is 0 Å². The molecule has 0 bridgehead atoms. The minimum absolute atomic E-state index is 1.32. The maximum atomic E-state index is 2.64. The molecular weight excluding hydrogens is 337 g/mol. The molecule has 122 valence electrons. The predicted octanol–water partition coefficient (Wildman–Crippen LogP) is 6.58. The van der Waals surface area contributed by atoms with Gasteiger partial charge in [-0.15, -0.1) is 0 Å². The van der Waals surface area contributed by atoms with Crippen molar-refractivity contribution in [2.45, 2.75) is 76.7 Å². The van der Waals surface area contributed by atoms with Crippen molar-refractivity contribution < 1.29 is 0 Å². The van der Waals surface area contributed by atoms with E-state index in [1.165, 1.54) is 51.4 Å². The van der Waals surface area contributed by atoms with Crippen LogP contribution in [0.15, 0.2) is 42.8 Å². The van der Waals surface area contributed by atoms with Gasteiger partial charge in [-0.2, -0.15) is 0 Å². The summed E-state index contributed by atoms with van der Waals surface area (Å²) in [6, 6.07) is 0. The number of hydrogen-bond donors (Lipinski definition) is 0. The van der Waals surface area contributed by atoms with Crippen LogP contribution in [0.4, 0.5) is 0 Å². The van der Waals surface area contributed by atoms with Gasteiger partial charge in [0.2, 0.25) is 0 Å². The van der Waals surface area contributed by atoms with Crippen LogP contribution < -0.4 is 0 Å². The van der Waals surface area contributed by atoms with Crippen LogP contribution in [0.1, 0.15) is 65.2 Å². The number of hydrogen-bond acceptors (Lipinski definition) is 0. The monoisotopic (exact) mass is 368 g/mol. The van der Waals surface area contributed by atoms with Gasteiger partial charge in [0.15, 0.2) is 0 Å². The van der Waals surface area contributed by atoms with Crippen molar-refractivity contribution in [1.82, 2.24) is 0 Å². The Morgan fingerprint density at radius 1 is 0.783 bits per heavy atom. The summed E-state index contributed by atoms with van der Waals surface area (Å²) in [7, 11) is 0. The summed E-state index contributed by atoms with van der Waals surface area (Å²) in [5, 5.41) is 0. The summed E-state index contributed by atoms with van der Waals surface area (Å²) in [5.74, 6) is 6.96. The van der Waals surface area contributed by atoms with E-state index in [0.29, 0.717) is 0 Å². The first-order chi connectivity index (χ1) is 11.0. The van der Waals surface area contributed by atoms with Gasteiger partial charge in [-0.05, 0) is 0 Å². The Bertz CT molecular complexity index is 666. The van der Waals surface area contributed by atoms with Crippen molar-refractivity contribution in [1.29, 1.82) is 0 Å². The Kier molecular flexibility index (Phi) is 4.03. The van der Waals surface area contributed by atoms with Gasteiger partial charge < -0.3 is 0 Å². The molecule has 0 fully saturated rings. The van der Waals surface area contributed by atoms with Gasteiger partial charge in [0.05, 0.1) is 0 Å². The van der Waals surface area contributed by atoms with Gasteiger partial charge in [-0.25, -0.2) is 0 Å². The molecule has 0 aliphatic heterocycles. The van der Waals surface area contributed by atoms with Crippen molar-refractivity contribution in [3.8, 4) is 0 Å². The molecule has 0 aromatic heterocycles. The summed E-state index contributed by atoms with van der Waals surface area (Å²) < 4.78 is 3.56. The standard InChI is InChI=1S/C22H30Ge/c1-15-20-11-7-8-12-21(20)16(2)22(15)23(3,4)19-13-17-9-5-6-10-18(17)14-19/h13-14H,5-12H2,1-4H3. The zero-order valence-electron chi connectivity index (χ0n) is 15.3. The van der Waals surface area contributed by atoms with E-state index in [1.807, 2.05) is 4.41 Å². The third-order valence-corrected chi connectivity index (χ3v) is 14.5. The van der Waals surface area contributed by atoms with E-state index in [9.17, 15) is 0 Å². The summed E-state index contributed by atoms with van der Waals surface area (Å²) in [5.41, 5.74) is 8.51. The molecule has 0 N–H and O–H groups in total. The molecule has 0 saturated heterocycles. The molecule has 2 radical (unpaired) electrons. The van der Waals surface area contributed by atoms with Crippen LogP contribution in [-0.4, -0.2) is 13.3 Å². The molecule has 0 unspecified atom stereocenters. The molecule has 0 heterocycles. The zero-order chi connectivity index (χ0) is 16.2. The molecule has 4 rings (SSSR count). The van der Waals surface area contributed by atoms with E-state index >= 15 is 0 Å². The molecule has 0 aromatic carbocycles. The Labute approximate surface area is 145 Å². The predicted molar refractivity (Wildman–Crippen MR) is 102 cm³/mol. The molecule has 1 heteroatoms. The van der Waals surface area contributed by atoms with E-state index in [0.717, 1.165) is 0 Å². The van der Waals surface area contributed by atoms with Crippen LogP contribution in [0.2, 0.25) is 11.5 Å². The topological polar surface area (TPSA) is 0 Å². The van der Waals surface area contributed by atoms with Crippen LogP contribution in [0.5, 0.6) is 0 Å². The van der Waals surface area contributed by atoms with E-state index in [-0.39, 0.29) is 0 Å². The van der Waals surface area contributed by atoms with Gasteiger partial charge in [-0.1, -0.05) is 0 Å². The van der Waals surface area contributed by atoms with Crippen molar-refractivity contribution in [3.05, 3.63) is 55.1 Å². The van der Waals surface area contributed by atoms with Crippen LogP contribution in [0, 0.1) is 12.3 Å². The molecule has 0 spiro atoms. The van der Waals surface area contributed by atoms with Gasteiger partial charge >= 0.3 is 145 Å². The fourth-order valence-electron chi connectivity index (χ4n) is 5.46. The molecule has 0 atom stereocenters. The molecule has 0 aromatic rings. The quantitative estimate of drug-likeness (QED) is 0.484. The Hall–Kier alpha value is -0.497. The van der Waals surface area contributed by atoms with Crippen molar-refractivity contribution >= 4 is 13.3 Å². The molecule has 4 aliphatic rings. The number of allylic oxidation sites excluding steroid dienone is 8. The van der Waals surface area contributed by atoms with Gasteiger partial charge in [-0.3, -0.25) is 0 Å². The first kappa shape index (κ1) is 16.0. The van der Waals surface area contributed by atoms with Crippen molar-refractivity contribution in [2.24, 2.45) is 0 Å². The van der Waals surface area contributed by atoms with E-state index in [1.54, 1.807) is 38.2 Å².